The van der Waals surface area contributed by atoms with Crippen LogP contribution < -0.4 is 4.90 Å². The summed E-state index contributed by atoms with van der Waals surface area (Å²) in [4.78, 5) is 33.0. The molecule has 2 fully saturated rings. The first-order valence-electron chi connectivity index (χ1n) is 15.7. The molecule has 5 heterocycles. The first-order chi connectivity index (χ1) is 21.0. The minimum atomic E-state index is -0.467. The molecule has 0 aliphatic carbocycles. The average molecular weight is 597 g/mol. The van der Waals surface area contributed by atoms with Crippen molar-refractivity contribution in [1.82, 2.24) is 34.4 Å². The molecule has 0 saturated carbocycles. The Morgan fingerprint density at radius 2 is 1.70 bits per heavy atom. The third kappa shape index (κ3) is 6.70. The molecule has 6 rings (SSSR count). The van der Waals surface area contributed by atoms with Crippen LogP contribution in [-0.2, 0) is 17.7 Å². The molecule has 3 aromatic heterocycles. The highest BCUT2D eigenvalue weighted by Gasteiger charge is 2.27. The quantitative estimate of drug-likeness (QED) is 0.299. The predicted molar refractivity (Wildman–Crippen MR) is 172 cm³/mol. The molecule has 232 valence electrons. The second kappa shape index (κ2) is 12.1. The lowest BCUT2D eigenvalue weighted by Crippen LogP contribution is -2.49. The summed E-state index contributed by atoms with van der Waals surface area (Å²) in [6.45, 7) is 17.8. The van der Waals surface area contributed by atoms with Gasteiger partial charge in [0.05, 0.1) is 5.69 Å². The molecular formula is C34H44N8O2. The Morgan fingerprint density at radius 1 is 0.955 bits per heavy atom. The molecule has 0 radical (unpaired) electrons. The van der Waals surface area contributed by atoms with E-state index >= 15 is 0 Å². The maximum absolute atomic E-state index is 12.4. The maximum Gasteiger partial charge on any atom is 0.410 e. The van der Waals surface area contributed by atoms with Crippen LogP contribution in [-0.4, -0.2) is 85.3 Å². The fourth-order valence-corrected chi connectivity index (χ4v) is 6.33. The van der Waals surface area contributed by atoms with Gasteiger partial charge in [0.25, 0.3) is 5.78 Å². The molecular weight excluding hydrogens is 552 g/mol. The normalized spacial score (nSPS) is 17.9. The summed E-state index contributed by atoms with van der Waals surface area (Å²) >= 11 is 0. The molecule has 1 aromatic carbocycles. The standard InChI is InChI=1S/C34H44N8O2/c1-23-30(24(2)42-32(36-23)37-25(3)38-42)19-26-13-14-41(22-26)29-10-8-28(9-11-29)31-12-7-27(20-35-31)21-39-15-17-40(18-16-39)33(43)44-34(4,5)6/h7-12,20,26H,13-19,21-22H2,1-6H3/t26-/m0/s1. The number of amides is 1. The Labute approximate surface area is 260 Å². The highest BCUT2D eigenvalue weighted by molar-refractivity contribution is 5.68. The van der Waals surface area contributed by atoms with E-state index in [1.165, 1.54) is 16.8 Å². The van der Waals surface area contributed by atoms with E-state index in [2.05, 4.69) is 70.1 Å². The van der Waals surface area contributed by atoms with Crippen molar-refractivity contribution >= 4 is 17.6 Å². The van der Waals surface area contributed by atoms with Gasteiger partial charge in [-0.3, -0.25) is 9.88 Å². The van der Waals surface area contributed by atoms with E-state index < -0.39 is 5.60 Å². The van der Waals surface area contributed by atoms with Crippen LogP contribution in [0.1, 0.15) is 55.5 Å². The lowest BCUT2D eigenvalue weighted by Gasteiger charge is -2.35. The Kier molecular flexibility index (Phi) is 8.28. The summed E-state index contributed by atoms with van der Waals surface area (Å²) in [6.07, 6.45) is 3.92. The van der Waals surface area contributed by atoms with Crippen LogP contribution in [0.3, 0.4) is 0 Å². The van der Waals surface area contributed by atoms with Crippen molar-refractivity contribution in [3.8, 4) is 11.3 Å². The number of hydrogen-bond donors (Lipinski definition) is 0. The highest BCUT2D eigenvalue weighted by atomic mass is 16.6. The number of benzene rings is 1. The lowest BCUT2D eigenvalue weighted by atomic mass is 9.96. The number of nitrogens with zero attached hydrogens (tertiary/aromatic N) is 8. The van der Waals surface area contributed by atoms with Gasteiger partial charge in [-0.05, 0) is 89.6 Å². The summed E-state index contributed by atoms with van der Waals surface area (Å²) < 4.78 is 7.41. The average Bonchev–Trinajstić information content (AvgIpc) is 3.61. The lowest BCUT2D eigenvalue weighted by molar-refractivity contribution is 0.0139. The molecule has 2 saturated heterocycles. The molecule has 1 atom stereocenters. The number of piperazine rings is 1. The maximum atomic E-state index is 12.4. The van der Waals surface area contributed by atoms with Crippen LogP contribution >= 0.6 is 0 Å². The molecule has 44 heavy (non-hydrogen) atoms. The second-order valence-corrected chi connectivity index (χ2v) is 13.3. The van der Waals surface area contributed by atoms with Crippen LogP contribution in [0.4, 0.5) is 10.5 Å². The molecule has 1 amide bonds. The Bertz CT molecular complexity index is 1620. The molecule has 10 nitrogen and oxygen atoms in total. The van der Waals surface area contributed by atoms with E-state index in [0.717, 1.165) is 74.0 Å². The van der Waals surface area contributed by atoms with Crippen LogP contribution in [0, 0.1) is 26.7 Å². The zero-order chi connectivity index (χ0) is 31.0. The van der Waals surface area contributed by atoms with Crippen LogP contribution in [0.2, 0.25) is 0 Å². The Hall–Kier alpha value is -4.05. The zero-order valence-electron chi connectivity index (χ0n) is 26.9. The molecule has 2 aliphatic heterocycles. The van der Waals surface area contributed by atoms with Crippen molar-refractivity contribution in [2.45, 2.75) is 66.5 Å². The van der Waals surface area contributed by atoms with Gasteiger partial charge in [-0.1, -0.05) is 18.2 Å². The minimum absolute atomic E-state index is 0.224. The number of hydrogen-bond acceptors (Lipinski definition) is 8. The van der Waals surface area contributed by atoms with Crippen molar-refractivity contribution in [2.24, 2.45) is 5.92 Å². The van der Waals surface area contributed by atoms with Gasteiger partial charge in [0, 0.05) is 74.6 Å². The van der Waals surface area contributed by atoms with Crippen molar-refractivity contribution in [3.05, 3.63) is 70.9 Å². The fourth-order valence-electron chi connectivity index (χ4n) is 6.33. The van der Waals surface area contributed by atoms with Gasteiger partial charge >= 0.3 is 6.09 Å². The van der Waals surface area contributed by atoms with Gasteiger partial charge < -0.3 is 14.5 Å². The largest absolute Gasteiger partial charge is 0.444 e. The van der Waals surface area contributed by atoms with Crippen LogP contribution in [0.15, 0.2) is 42.6 Å². The van der Waals surface area contributed by atoms with Crippen LogP contribution in [0.5, 0.6) is 0 Å². The van der Waals surface area contributed by atoms with Gasteiger partial charge in [0.1, 0.15) is 11.4 Å². The summed E-state index contributed by atoms with van der Waals surface area (Å²) in [5, 5.41) is 4.54. The van der Waals surface area contributed by atoms with Crippen molar-refractivity contribution in [1.29, 1.82) is 0 Å². The Balaban J connectivity index is 1.01. The van der Waals surface area contributed by atoms with Gasteiger partial charge in [-0.15, -0.1) is 0 Å². The Morgan fingerprint density at radius 3 is 2.39 bits per heavy atom. The van der Waals surface area contributed by atoms with Gasteiger partial charge in [0.15, 0.2) is 0 Å². The van der Waals surface area contributed by atoms with Crippen molar-refractivity contribution in [2.75, 3.05) is 44.2 Å². The smallest absolute Gasteiger partial charge is 0.410 e. The number of ether oxygens (including phenoxy) is 1. The van der Waals surface area contributed by atoms with Gasteiger partial charge in [-0.25, -0.2) is 14.3 Å². The molecule has 2 aliphatic rings. The topological polar surface area (TPSA) is 92.0 Å². The van der Waals surface area contributed by atoms with Gasteiger partial charge in [0.2, 0.25) is 0 Å². The first kappa shape index (κ1) is 30.0. The number of carbonyl (C=O) groups is 1. The van der Waals surface area contributed by atoms with Crippen molar-refractivity contribution < 1.29 is 9.53 Å². The van der Waals surface area contributed by atoms with Crippen molar-refractivity contribution in [3.63, 3.8) is 0 Å². The van der Waals surface area contributed by atoms with E-state index in [-0.39, 0.29) is 6.09 Å². The van der Waals surface area contributed by atoms with Gasteiger partial charge in [-0.2, -0.15) is 10.1 Å². The number of aryl methyl sites for hydroxylation is 3. The molecule has 4 aromatic rings. The fraction of sp³-hybridized carbons (Fsp3) is 0.500. The number of fused-ring (bicyclic) bond motifs is 1. The van der Waals surface area contributed by atoms with E-state index in [0.29, 0.717) is 24.8 Å². The minimum Gasteiger partial charge on any atom is -0.444 e. The SMILES string of the molecule is Cc1nc2nc(C)c(C[C@@H]3CCN(c4ccc(-c5ccc(CN6CCN(C(=O)OC(C)(C)C)CC6)cn5)cc4)C3)c(C)n2n1. The zero-order valence-corrected chi connectivity index (χ0v) is 26.9. The number of pyridine rings is 1. The summed E-state index contributed by atoms with van der Waals surface area (Å²) in [6, 6.07) is 13.1. The first-order valence-corrected chi connectivity index (χ1v) is 15.7. The molecule has 10 heteroatoms. The third-order valence-corrected chi connectivity index (χ3v) is 8.72. The highest BCUT2D eigenvalue weighted by Crippen LogP contribution is 2.30. The molecule has 0 unspecified atom stereocenters. The summed E-state index contributed by atoms with van der Waals surface area (Å²) in [5.74, 6) is 2.02. The van der Waals surface area contributed by atoms with E-state index in [4.69, 9.17) is 14.7 Å². The summed E-state index contributed by atoms with van der Waals surface area (Å²) in [7, 11) is 0. The predicted octanol–water partition coefficient (Wildman–Crippen LogP) is 5.23. The number of rotatable bonds is 6. The second-order valence-electron chi connectivity index (χ2n) is 13.3. The molecule has 0 spiro atoms. The van der Waals surface area contributed by atoms with E-state index in [9.17, 15) is 4.79 Å². The molecule has 0 bridgehead atoms. The molecule has 0 N–H and O–H groups in total. The van der Waals surface area contributed by atoms with E-state index in [1.807, 2.05) is 38.4 Å². The van der Waals surface area contributed by atoms with Crippen LogP contribution in [0.25, 0.3) is 17.0 Å². The monoisotopic (exact) mass is 596 g/mol. The third-order valence-electron chi connectivity index (χ3n) is 8.72. The number of anilines is 1. The number of aromatic nitrogens is 5. The van der Waals surface area contributed by atoms with E-state index in [1.54, 1.807) is 4.90 Å². The summed E-state index contributed by atoms with van der Waals surface area (Å²) in [5.41, 5.74) is 7.57. The number of carbonyl (C=O) groups excluding carboxylic acids is 1.